The average Bonchev–Trinajstić information content (AvgIpc) is 2.57. The Labute approximate surface area is 148 Å². The molecule has 138 valence electrons. The van der Waals surface area contributed by atoms with Crippen LogP contribution < -0.4 is 5.32 Å². The number of nitrogens with zero attached hydrogens (tertiary/aromatic N) is 1. The lowest BCUT2D eigenvalue weighted by molar-refractivity contribution is 0.0710. The van der Waals surface area contributed by atoms with Gasteiger partial charge in [0.1, 0.15) is 0 Å². The van der Waals surface area contributed by atoms with Crippen LogP contribution in [0.5, 0.6) is 0 Å². The zero-order valence-electron chi connectivity index (χ0n) is 15.9. The van der Waals surface area contributed by atoms with E-state index in [-0.39, 0.29) is 0 Å². The highest BCUT2D eigenvalue weighted by Crippen LogP contribution is 2.18. The van der Waals surface area contributed by atoms with Gasteiger partial charge in [-0.05, 0) is 46.9 Å². The van der Waals surface area contributed by atoms with Crippen molar-refractivity contribution in [2.45, 2.75) is 33.2 Å². The first-order chi connectivity index (χ1) is 11.7. The summed E-state index contributed by atoms with van der Waals surface area (Å²) < 4.78 is 17.5. The Balaban J connectivity index is 0.00000163. The van der Waals surface area contributed by atoms with E-state index in [9.17, 15) is 0 Å². The normalized spacial score (nSPS) is 11.4. The molecule has 0 saturated heterocycles. The van der Waals surface area contributed by atoms with Crippen LogP contribution in [0.1, 0.15) is 32.8 Å². The van der Waals surface area contributed by atoms with E-state index in [2.05, 4.69) is 10.3 Å². The SMILES string of the molecule is CCO[Si](CCCN=Cc1ccccc1)(OCC)OCC.CNC. The molecule has 0 saturated carbocycles. The fourth-order valence-electron chi connectivity index (χ4n) is 2.10. The minimum Gasteiger partial charge on any atom is -0.374 e. The molecule has 0 fully saturated rings. The topological polar surface area (TPSA) is 52.1 Å². The van der Waals surface area contributed by atoms with Gasteiger partial charge in [0.25, 0.3) is 0 Å². The van der Waals surface area contributed by atoms with Crippen molar-refractivity contribution >= 4 is 15.0 Å². The predicted octanol–water partition coefficient (Wildman–Crippen LogP) is 3.38. The highest BCUT2D eigenvalue weighted by atomic mass is 28.4. The summed E-state index contributed by atoms with van der Waals surface area (Å²) in [5.74, 6) is 0. The third-order valence-corrected chi connectivity index (χ3v) is 6.05. The zero-order chi connectivity index (χ0) is 18.1. The maximum atomic E-state index is 5.82. The van der Waals surface area contributed by atoms with Gasteiger partial charge in [-0.15, -0.1) is 0 Å². The molecule has 0 aliphatic rings. The van der Waals surface area contributed by atoms with Gasteiger partial charge in [-0.3, -0.25) is 4.99 Å². The minimum atomic E-state index is -2.50. The number of benzene rings is 1. The molecule has 1 rings (SSSR count). The van der Waals surface area contributed by atoms with Crippen LogP contribution in [0.3, 0.4) is 0 Å². The van der Waals surface area contributed by atoms with E-state index in [0.29, 0.717) is 19.8 Å². The van der Waals surface area contributed by atoms with Crippen LogP contribution >= 0.6 is 0 Å². The molecule has 0 heterocycles. The summed E-state index contributed by atoms with van der Waals surface area (Å²) in [6.07, 6.45) is 2.82. The molecule has 0 aliphatic heterocycles. The molecule has 1 aromatic rings. The van der Waals surface area contributed by atoms with Crippen molar-refractivity contribution in [3.63, 3.8) is 0 Å². The summed E-state index contributed by atoms with van der Waals surface area (Å²) >= 11 is 0. The van der Waals surface area contributed by atoms with Gasteiger partial charge in [0.15, 0.2) is 0 Å². The van der Waals surface area contributed by atoms with Crippen LogP contribution in [0.15, 0.2) is 35.3 Å². The summed E-state index contributed by atoms with van der Waals surface area (Å²) in [5.41, 5.74) is 1.13. The number of hydrogen-bond acceptors (Lipinski definition) is 5. The Morgan fingerprint density at radius 3 is 1.92 bits per heavy atom. The number of nitrogens with one attached hydrogen (secondary N) is 1. The summed E-state index contributed by atoms with van der Waals surface area (Å²) in [4.78, 5) is 4.46. The maximum absolute atomic E-state index is 5.82. The molecule has 0 spiro atoms. The van der Waals surface area contributed by atoms with Crippen LogP contribution in [0.2, 0.25) is 6.04 Å². The second-order valence-corrected chi connectivity index (χ2v) is 7.76. The molecular weight excluding hydrogens is 320 g/mol. The highest BCUT2D eigenvalue weighted by molar-refractivity contribution is 6.60. The number of aliphatic imine (C=N–C) groups is 1. The molecule has 0 atom stereocenters. The molecule has 0 amide bonds. The lowest BCUT2D eigenvalue weighted by Gasteiger charge is -2.28. The molecule has 0 bridgehead atoms. The summed E-state index contributed by atoms with van der Waals surface area (Å²) in [5, 5.41) is 2.75. The molecule has 1 N–H and O–H groups in total. The standard InChI is InChI=1S/C16H27NO3Si.C2H7N/c1-4-18-21(19-5-2,20-6-3)14-10-13-17-15-16-11-8-7-9-12-16;1-3-2/h7-9,11-12,15H,4-6,10,13-14H2,1-3H3;3H,1-2H3. The second kappa shape index (κ2) is 15.5. The van der Waals surface area contributed by atoms with Gasteiger partial charge in [-0.2, -0.15) is 0 Å². The monoisotopic (exact) mass is 354 g/mol. The molecule has 6 heteroatoms. The van der Waals surface area contributed by atoms with Crippen molar-refractivity contribution < 1.29 is 13.3 Å². The number of hydrogen-bond donors (Lipinski definition) is 1. The van der Waals surface area contributed by atoms with Gasteiger partial charge in [0.2, 0.25) is 0 Å². The van der Waals surface area contributed by atoms with E-state index >= 15 is 0 Å². The minimum absolute atomic E-state index is 0.625. The Morgan fingerprint density at radius 2 is 1.46 bits per heavy atom. The van der Waals surface area contributed by atoms with Gasteiger partial charge in [0.05, 0.1) is 0 Å². The van der Waals surface area contributed by atoms with Crippen LogP contribution in [-0.2, 0) is 13.3 Å². The van der Waals surface area contributed by atoms with E-state index in [1.165, 1.54) is 0 Å². The van der Waals surface area contributed by atoms with Crippen molar-refractivity contribution in [3.05, 3.63) is 35.9 Å². The zero-order valence-corrected chi connectivity index (χ0v) is 16.9. The fraction of sp³-hybridized carbons (Fsp3) is 0.611. The van der Waals surface area contributed by atoms with Crippen LogP contribution in [0.4, 0.5) is 0 Å². The van der Waals surface area contributed by atoms with Crippen molar-refractivity contribution in [2.75, 3.05) is 40.5 Å². The third-order valence-electron chi connectivity index (χ3n) is 2.90. The average molecular weight is 355 g/mol. The first-order valence-electron chi connectivity index (χ1n) is 8.73. The van der Waals surface area contributed by atoms with Gasteiger partial charge >= 0.3 is 8.80 Å². The lowest BCUT2D eigenvalue weighted by Crippen LogP contribution is -2.46. The van der Waals surface area contributed by atoms with Gasteiger partial charge < -0.3 is 18.6 Å². The van der Waals surface area contributed by atoms with E-state index in [1.807, 2.05) is 71.4 Å². The molecule has 0 radical (unpaired) electrons. The number of rotatable bonds is 11. The Hall–Kier alpha value is -1.05. The molecule has 5 nitrogen and oxygen atoms in total. The Kier molecular flexibility index (Phi) is 14.8. The van der Waals surface area contributed by atoms with Gasteiger partial charge in [-0.1, -0.05) is 30.3 Å². The van der Waals surface area contributed by atoms with Crippen molar-refractivity contribution in [3.8, 4) is 0 Å². The Bertz CT molecular complexity index is 399. The molecular formula is C18H34N2O3Si. The largest absolute Gasteiger partial charge is 0.500 e. The smallest absolute Gasteiger partial charge is 0.374 e. The van der Waals surface area contributed by atoms with Crippen molar-refractivity contribution in [1.82, 2.24) is 5.32 Å². The summed E-state index contributed by atoms with van der Waals surface area (Å²) in [6.45, 7) is 8.57. The quantitative estimate of drug-likeness (QED) is 0.376. The molecule has 24 heavy (non-hydrogen) atoms. The Morgan fingerprint density at radius 1 is 0.958 bits per heavy atom. The molecule has 0 aliphatic carbocycles. The first kappa shape index (κ1) is 22.9. The van der Waals surface area contributed by atoms with E-state index in [0.717, 1.165) is 24.6 Å². The fourth-order valence-corrected chi connectivity index (χ4v) is 4.69. The van der Waals surface area contributed by atoms with Gasteiger partial charge in [0, 0.05) is 38.6 Å². The molecule has 0 unspecified atom stereocenters. The third kappa shape index (κ3) is 10.7. The van der Waals surface area contributed by atoms with Crippen molar-refractivity contribution in [2.24, 2.45) is 4.99 Å². The second-order valence-electron chi connectivity index (χ2n) is 5.03. The van der Waals surface area contributed by atoms with Crippen LogP contribution in [0.25, 0.3) is 0 Å². The van der Waals surface area contributed by atoms with E-state index < -0.39 is 8.80 Å². The molecule has 1 aromatic carbocycles. The van der Waals surface area contributed by atoms with E-state index in [4.69, 9.17) is 13.3 Å². The summed E-state index contributed by atoms with van der Waals surface area (Å²) in [6, 6.07) is 10.9. The maximum Gasteiger partial charge on any atom is 0.500 e. The van der Waals surface area contributed by atoms with Gasteiger partial charge in [-0.25, -0.2) is 0 Å². The lowest BCUT2D eigenvalue weighted by atomic mass is 10.2. The highest BCUT2D eigenvalue weighted by Gasteiger charge is 2.39. The van der Waals surface area contributed by atoms with Crippen LogP contribution in [0, 0.1) is 0 Å². The van der Waals surface area contributed by atoms with Crippen molar-refractivity contribution in [1.29, 1.82) is 0 Å². The first-order valence-corrected chi connectivity index (χ1v) is 10.7. The molecule has 0 aromatic heterocycles. The predicted molar refractivity (Wildman–Crippen MR) is 104 cm³/mol. The summed E-state index contributed by atoms with van der Waals surface area (Å²) in [7, 11) is 1.25. The van der Waals surface area contributed by atoms with E-state index in [1.54, 1.807) is 0 Å². The van der Waals surface area contributed by atoms with Crippen LogP contribution in [-0.4, -0.2) is 55.5 Å².